The average Bonchev–Trinajstić information content (AvgIpc) is 2.39. The SMILES string of the molecule is Cc1cc(Cl)ccc1C(=O)Nc1ccccc1C#N. The molecule has 0 aromatic heterocycles. The van der Waals surface area contributed by atoms with Crippen LogP contribution in [0.4, 0.5) is 5.69 Å². The number of rotatable bonds is 2. The number of benzene rings is 2. The van der Waals surface area contributed by atoms with Crippen LogP contribution >= 0.6 is 11.6 Å². The zero-order valence-corrected chi connectivity index (χ0v) is 11.0. The van der Waals surface area contributed by atoms with E-state index in [0.29, 0.717) is 21.8 Å². The van der Waals surface area contributed by atoms with Crippen LogP contribution in [0.25, 0.3) is 0 Å². The number of para-hydroxylation sites is 1. The number of anilines is 1. The largest absolute Gasteiger partial charge is 0.321 e. The van der Waals surface area contributed by atoms with E-state index >= 15 is 0 Å². The zero-order valence-electron chi connectivity index (χ0n) is 10.3. The normalized spacial score (nSPS) is 9.74. The van der Waals surface area contributed by atoms with Gasteiger partial charge in [-0.15, -0.1) is 0 Å². The molecule has 2 rings (SSSR count). The van der Waals surface area contributed by atoms with Crippen molar-refractivity contribution in [1.82, 2.24) is 0 Å². The first-order valence-electron chi connectivity index (χ1n) is 5.68. The third-order valence-electron chi connectivity index (χ3n) is 2.73. The van der Waals surface area contributed by atoms with Crippen LogP contribution in [0.15, 0.2) is 42.5 Å². The Bertz CT molecular complexity index is 674. The molecule has 2 aromatic carbocycles. The van der Waals surface area contributed by atoms with Crippen molar-refractivity contribution in [2.24, 2.45) is 0 Å². The van der Waals surface area contributed by atoms with E-state index in [4.69, 9.17) is 16.9 Å². The Hall–Kier alpha value is -2.31. The molecule has 1 N–H and O–H groups in total. The lowest BCUT2D eigenvalue weighted by atomic mass is 10.1. The van der Waals surface area contributed by atoms with Crippen molar-refractivity contribution < 1.29 is 4.79 Å². The summed E-state index contributed by atoms with van der Waals surface area (Å²) in [7, 11) is 0. The molecule has 0 aliphatic heterocycles. The molecule has 94 valence electrons. The van der Waals surface area contributed by atoms with Gasteiger partial charge in [0.25, 0.3) is 5.91 Å². The molecule has 0 saturated carbocycles. The number of amides is 1. The van der Waals surface area contributed by atoms with Crippen LogP contribution in [0.3, 0.4) is 0 Å². The maximum absolute atomic E-state index is 12.2. The molecule has 0 aliphatic rings. The standard InChI is InChI=1S/C15H11ClN2O/c1-10-8-12(16)6-7-13(10)15(19)18-14-5-3-2-4-11(14)9-17/h2-8H,1H3,(H,18,19). The molecule has 19 heavy (non-hydrogen) atoms. The van der Waals surface area contributed by atoms with Crippen LogP contribution in [0.1, 0.15) is 21.5 Å². The van der Waals surface area contributed by atoms with Crippen molar-refractivity contribution in [2.75, 3.05) is 5.32 Å². The highest BCUT2D eigenvalue weighted by Crippen LogP contribution is 2.18. The number of nitrogens with zero attached hydrogens (tertiary/aromatic N) is 1. The van der Waals surface area contributed by atoms with E-state index in [1.165, 1.54) is 0 Å². The fraction of sp³-hybridized carbons (Fsp3) is 0.0667. The highest BCUT2D eigenvalue weighted by Gasteiger charge is 2.11. The lowest BCUT2D eigenvalue weighted by molar-refractivity contribution is 0.102. The van der Waals surface area contributed by atoms with Crippen LogP contribution in [0.2, 0.25) is 5.02 Å². The van der Waals surface area contributed by atoms with Gasteiger partial charge in [-0.25, -0.2) is 0 Å². The van der Waals surface area contributed by atoms with Crippen LogP contribution in [-0.4, -0.2) is 5.91 Å². The lowest BCUT2D eigenvalue weighted by Crippen LogP contribution is -2.14. The van der Waals surface area contributed by atoms with Crippen LogP contribution in [0, 0.1) is 18.3 Å². The Kier molecular flexibility index (Phi) is 3.84. The van der Waals surface area contributed by atoms with Crippen molar-refractivity contribution in [3.05, 3.63) is 64.2 Å². The number of carbonyl (C=O) groups is 1. The van der Waals surface area contributed by atoms with Gasteiger partial charge < -0.3 is 5.32 Å². The molecular weight excluding hydrogens is 260 g/mol. The van der Waals surface area contributed by atoms with Crippen LogP contribution in [-0.2, 0) is 0 Å². The molecule has 0 fully saturated rings. The first-order valence-corrected chi connectivity index (χ1v) is 6.06. The average molecular weight is 271 g/mol. The van der Waals surface area contributed by atoms with Gasteiger partial charge in [-0.2, -0.15) is 5.26 Å². The summed E-state index contributed by atoms with van der Waals surface area (Å²) in [6, 6.07) is 14.0. The summed E-state index contributed by atoms with van der Waals surface area (Å²) < 4.78 is 0. The fourth-order valence-electron chi connectivity index (χ4n) is 1.76. The molecule has 0 aliphatic carbocycles. The Balaban J connectivity index is 2.29. The molecule has 0 bridgehead atoms. The molecule has 2 aromatic rings. The van der Waals surface area contributed by atoms with E-state index in [1.807, 2.05) is 13.0 Å². The molecular formula is C15H11ClN2O. The predicted octanol–water partition coefficient (Wildman–Crippen LogP) is 3.77. The van der Waals surface area contributed by atoms with Gasteiger partial charge in [0, 0.05) is 10.6 Å². The van der Waals surface area contributed by atoms with Crippen molar-refractivity contribution >= 4 is 23.2 Å². The summed E-state index contributed by atoms with van der Waals surface area (Å²) in [6.07, 6.45) is 0. The second-order valence-electron chi connectivity index (χ2n) is 4.07. The summed E-state index contributed by atoms with van der Waals surface area (Å²) in [6.45, 7) is 1.82. The number of aryl methyl sites for hydroxylation is 1. The quantitative estimate of drug-likeness (QED) is 0.903. The summed E-state index contributed by atoms with van der Waals surface area (Å²) in [5.74, 6) is -0.253. The number of nitrogens with one attached hydrogen (secondary N) is 1. The highest BCUT2D eigenvalue weighted by atomic mass is 35.5. The molecule has 0 radical (unpaired) electrons. The minimum absolute atomic E-state index is 0.253. The minimum Gasteiger partial charge on any atom is -0.321 e. The van der Waals surface area contributed by atoms with E-state index in [9.17, 15) is 4.79 Å². The maximum atomic E-state index is 12.2. The van der Waals surface area contributed by atoms with Gasteiger partial charge in [-0.05, 0) is 42.8 Å². The molecule has 0 atom stereocenters. The number of carbonyl (C=O) groups excluding carboxylic acids is 1. The van der Waals surface area contributed by atoms with Crippen molar-refractivity contribution in [3.63, 3.8) is 0 Å². The maximum Gasteiger partial charge on any atom is 0.255 e. The number of hydrogen-bond acceptors (Lipinski definition) is 2. The fourth-order valence-corrected chi connectivity index (χ4v) is 1.99. The van der Waals surface area contributed by atoms with Crippen molar-refractivity contribution in [2.45, 2.75) is 6.92 Å². The Morgan fingerprint density at radius 1 is 1.26 bits per heavy atom. The van der Waals surface area contributed by atoms with E-state index in [0.717, 1.165) is 5.56 Å². The lowest BCUT2D eigenvalue weighted by Gasteiger charge is -2.09. The van der Waals surface area contributed by atoms with E-state index < -0.39 is 0 Å². The molecule has 0 heterocycles. The summed E-state index contributed by atoms with van der Waals surface area (Å²) in [5.41, 5.74) is 2.27. The summed E-state index contributed by atoms with van der Waals surface area (Å²) >= 11 is 5.85. The monoisotopic (exact) mass is 270 g/mol. The third-order valence-corrected chi connectivity index (χ3v) is 2.96. The molecule has 4 heteroatoms. The van der Waals surface area contributed by atoms with Gasteiger partial charge in [-0.1, -0.05) is 23.7 Å². The predicted molar refractivity (Wildman–Crippen MR) is 75.3 cm³/mol. The van der Waals surface area contributed by atoms with Gasteiger partial charge in [-0.3, -0.25) is 4.79 Å². The van der Waals surface area contributed by atoms with E-state index in [1.54, 1.807) is 42.5 Å². The van der Waals surface area contributed by atoms with Gasteiger partial charge in [0.05, 0.1) is 11.3 Å². The van der Waals surface area contributed by atoms with Crippen LogP contribution < -0.4 is 5.32 Å². The van der Waals surface area contributed by atoms with Crippen molar-refractivity contribution in [1.29, 1.82) is 5.26 Å². The highest BCUT2D eigenvalue weighted by molar-refractivity contribution is 6.30. The third kappa shape index (κ3) is 2.93. The summed E-state index contributed by atoms with van der Waals surface area (Å²) in [4.78, 5) is 12.2. The first-order chi connectivity index (χ1) is 9.11. The smallest absolute Gasteiger partial charge is 0.255 e. The number of nitriles is 1. The molecule has 0 saturated heterocycles. The van der Waals surface area contributed by atoms with Crippen LogP contribution in [0.5, 0.6) is 0 Å². The second kappa shape index (κ2) is 5.55. The summed E-state index contributed by atoms with van der Waals surface area (Å²) in [5, 5.41) is 12.3. The Morgan fingerprint density at radius 2 is 2.00 bits per heavy atom. The first kappa shape index (κ1) is 13.1. The number of hydrogen-bond donors (Lipinski definition) is 1. The van der Waals surface area contributed by atoms with E-state index in [-0.39, 0.29) is 5.91 Å². The molecule has 0 unspecified atom stereocenters. The molecule has 0 spiro atoms. The topological polar surface area (TPSA) is 52.9 Å². The number of halogens is 1. The van der Waals surface area contributed by atoms with Gasteiger partial charge in [0.1, 0.15) is 6.07 Å². The zero-order chi connectivity index (χ0) is 13.8. The minimum atomic E-state index is -0.253. The molecule has 1 amide bonds. The van der Waals surface area contributed by atoms with E-state index in [2.05, 4.69) is 5.32 Å². The Morgan fingerprint density at radius 3 is 2.68 bits per heavy atom. The van der Waals surface area contributed by atoms with Gasteiger partial charge >= 0.3 is 0 Å². The van der Waals surface area contributed by atoms with Crippen molar-refractivity contribution in [3.8, 4) is 6.07 Å². The Labute approximate surface area is 116 Å². The van der Waals surface area contributed by atoms with Gasteiger partial charge in [0.2, 0.25) is 0 Å². The molecule has 3 nitrogen and oxygen atoms in total. The second-order valence-corrected chi connectivity index (χ2v) is 4.51. The van der Waals surface area contributed by atoms with Gasteiger partial charge in [0.15, 0.2) is 0 Å².